The number of rotatable bonds is 4. The number of nitrogen functional groups attached to an aromatic ring is 1. The molecule has 0 atom stereocenters. The third kappa shape index (κ3) is 2.86. The lowest BCUT2D eigenvalue weighted by molar-refractivity contribution is 0.0707. The second kappa shape index (κ2) is 5.74. The summed E-state index contributed by atoms with van der Waals surface area (Å²) >= 11 is 3.36. The van der Waals surface area contributed by atoms with Gasteiger partial charge in [-0.15, -0.1) is 0 Å². The molecule has 0 bridgehead atoms. The van der Waals surface area contributed by atoms with Crippen LogP contribution in [0, 0.1) is 5.92 Å². The highest BCUT2D eigenvalue weighted by Crippen LogP contribution is 2.28. The first-order valence-corrected chi connectivity index (χ1v) is 7.25. The van der Waals surface area contributed by atoms with Crippen molar-refractivity contribution in [3.8, 4) is 0 Å². The van der Waals surface area contributed by atoms with Crippen LogP contribution in [0.3, 0.4) is 0 Å². The van der Waals surface area contributed by atoms with E-state index < -0.39 is 0 Å². The molecule has 0 heterocycles. The van der Waals surface area contributed by atoms with Crippen LogP contribution in [0.25, 0.3) is 0 Å². The van der Waals surface area contributed by atoms with Crippen molar-refractivity contribution in [1.82, 2.24) is 4.90 Å². The van der Waals surface area contributed by atoms with Gasteiger partial charge in [0.25, 0.3) is 5.91 Å². The van der Waals surface area contributed by atoms with E-state index in [2.05, 4.69) is 15.9 Å². The van der Waals surface area contributed by atoms with Crippen LogP contribution in [0.15, 0.2) is 22.7 Å². The summed E-state index contributed by atoms with van der Waals surface area (Å²) in [6.45, 7) is 3.63. The highest BCUT2D eigenvalue weighted by atomic mass is 79.9. The number of carbonyl (C=O) groups is 1. The lowest BCUT2D eigenvalue weighted by atomic mass is 9.85. The van der Waals surface area contributed by atoms with Gasteiger partial charge in [0.15, 0.2) is 0 Å². The summed E-state index contributed by atoms with van der Waals surface area (Å²) in [4.78, 5) is 14.3. The van der Waals surface area contributed by atoms with Crippen molar-refractivity contribution in [3.05, 3.63) is 28.2 Å². The lowest BCUT2D eigenvalue weighted by Gasteiger charge is -2.32. The number of nitrogens with zero attached hydrogens (tertiary/aromatic N) is 1. The summed E-state index contributed by atoms with van der Waals surface area (Å²) in [5.41, 5.74) is 7.07. The second-order valence-corrected chi connectivity index (χ2v) is 5.79. The average Bonchev–Trinajstić information content (AvgIpc) is 2.27. The molecule has 4 heteroatoms. The van der Waals surface area contributed by atoms with Crippen molar-refractivity contribution >= 4 is 27.5 Å². The standard InChI is InChI=1S/C14H19BrN2O/c1-2-17(9-10-4-3-5-10)14(18)12-7-6-11(15)8-13(12)16/h6-8,10H,2-5,9,16H2,1H3. The monoisotopic (exact) mass is 310 g/mol. The van der Waals surface area contributed by atoms with Gasteiger partial charge in [-0.3, -0.25) is 4.79 Å². The minimum atomic E-state index is 0.0504. The van der Waals surface area contributed by atoms with E-state index in [4.69, 9.17) is 5.73 Å². The van der Waals surface area contributed by atoms with Gasteiger partial charge in [-0.25, -0.2) is 0 Å². The van der Waals surface area contributed by atoms with Gasteiger partial charge >= 0.3 is 0 Å². The number of amides is 1. The predicted molar refractivity (Wildman–Crippen MR) is 77.5 cm³/mol. The van der Waals surface area contributed by atoms with E-state index in [-0.39, 0.29) is 5.91 Å². The summed E-state index contributed by atoms with van der Waals surface area (Å²) in [7, 11) is 0. The smallest absolute Gasteiger partial charge is 0.255 e. The largest absolute Gasteiger partial charge is 0.398 e. The fourth-order valence-corrected chi connectivity index (χ4v) is 2.62. The molecule has 0 spiro atoms. The molecule has 1 aliphatic rings. The van der Waals surface area contributed by atoms with Crippen molar-refractivity contribution in [3.63, 3.8) is 0 Å². The Hall–Kier alpha value is -1.03. The van der Waals surface area contributed by atoms with Gasteiger partial charge in [-0.1, -0.05) is 22.4 Å². The Morgan fingerprint density at radius 2 is 2.22 bits per heavy atom. The summed E-state index contributed by atoms with van der Waals surface area (Å²) in [5.74, 6) is 0.736. The molecule has 1 fully saturated rings. The third-order valence-electron chi connectivity index (χ3n) is 3.62. The van der Waals surface area contributed by atoms with E-state index in [1.54, 1.807) is 12.1 Å². The van der Waals surface area contributed by atoms with E-state index >= 15 is 0 Å². The van der Waals surface area contributed by atoms with Crippen LogP contribution >= 0.6 is 15.9 Å². The summed E-state index contributed by atoms with van der Waals surface area (Å²) in [6.07, 6.45) is 3.80. The zero-order chi connectivity index (χ0) is 13.1. The first-order chi connectivity index (χ1) is 8.61. The Balaban J connectivity index is 2.11. The van der Waals surface area contributed by atoms with Gasteiger partial charge in [0.1, 0.15) is 0 Å². The quantitative estimate of drug-likeness (QED) is 0.867. The highest BCUT2D eigenvalue weighted by Gasteiger charge is 2.24. The number of anilines is 1. The average molecular weight is 311 g/mol. The molecule has 18 heavy (non-hydrogen) atoms. The minimum Gasteiger partial charge on any atom is -0.398 e. The normalized spacial score (nSPS) is 15.2. The lowest BCUT2D eigenvalue weighted by Crippen LogP contribution is -2.37. The maximum Gasteiger partial charge on any atom is 0.255 e. The first-order valence-electron chi connectivity index (χ1n) is 6.46. The summed E-state index contributed by atoms with van der Waals surface area (Å²) in [6, 6.07) is 5.44. The number of hydrogen-bond acceptors (Lipinski definition) is 2. The molecule has 1 aromatic rings. The van der Waals surface area contributed by atoms with Crippen molar-refractivity contribution < 1.29 is 4.79 Å². The maximum atomic E-state index is 12.4. The molecule has 1 saturated carbocycles. The van der Waals surface area contributed by atoms with Gasteiger partial charge in [0.2, 0.25) is 0 Å². The zero-order valence-corrected chi connectivity index (χ0v) is 12.2. The Kier molecular flexibility index (Phi) is 4.27. The SMILES string of the molecule is CCN(CC1CCC1)C(=O)c1ccc(Br)cc1N. The van der Waals surface area contributed by atoms with E-state index in [0.717, 1.165) is 17.6 Å². The number of hydrogen-bond donors (Lipinski definition) is 1. The van der Waals surface area contributed by atoms with E-state index in [1.807, 2.05) is 17.9 Å². The van der Waals surface area contributed by atoms with Crippen molar-refractivity contribution in [1.29, 1.82) is 0 Å². The molecule has 98 valence electrons. The fourth-order valence-electron chi connectivity index (χ4n) is 2.24. The van der Waals surface area contributed by atoms with E-state index in [0.29, 0.717) is 17.2 Å². The summed E-state index contributed by atoms with van der Waals surface area (Å²) in [5, 5.41) is 0. The molecule has 3 nitrogen and oxygen atoms in total. The Bertz CT molecular complexity index is 443. The fraction of sp³-hybridized carbons (Fsp3) is 0.500. The van der Waals surface area contributed by atoms with E-state index in [9.17, 15) is 4.79 Å². The molecule has 0 radical (unpaired) electrons. The van der Waals surface area contributed by atoms with Crippen molar-refractivity contribution in [2.75, 3.05) is 18.8 Å². The van der Waals surface area contributed by atoms with Gasteiger partial charge < -0.3 is 10.6 Å². The molecule has 0 saturated heterocycles. The molecular formula is C14H19BrN2O. The number of halogens is 1. The van der Waals surface area contributed by atoms with Crippen LogP contribution in [0.1, 0.15) is 36.5 Å². The molecule has 0 aliphatic heterocycles. The van der Waals surface area contributed by atoms with Crippen LogP contribution in [0.5, 0.6) is 0 Å². The minimum absolute atomic E-state index is 0.0504. The number of benzene rings is 1. The maximum absolute atomic E-state index is 12.4. The molecule has 1 aromatic carbocycles. The van der Waals surface area contributed by atoms with Gasteiger partial charge in [-0.2, -0.15) is 0 Å². The van der Waals surface area contributed by atoms with Gasteiger partial charge in [0.05, 0.1) is 5.56 Å². The van der Waals surface area contributed by atoms with Crippen LogP contribution in [0.2, 0.25) is 0 Å². The van der Waals surface area contributed by atoms with E-state index in [1.165, 1.54) is 19.3 Å². The van der Waals surface area contributed by atoms with Crippen LogP contribution in [-0.4, -0.2) is 23.9 Å². The van der Waals surface area contributed by atoms with Crippen LogP contribution in [0.4, 0.5) is 5.69 Å². The van der Waals surface area contributed by atoms with Gasteiger partial charge in [-0.05, 0) is 43.9 Å². The number of nitrogens with two attached hydrogens (primary N) is 1. The molecule has 0 unspecified atom stereocenters. The van der Waals surface area contributed by atoms with Gasteiger partial charge in [0, 0.05) is 23.2 Å². The Morgan fingerprint density at radius 3 is 2.72 bits per heavy atom. The Labute approximate surface area is 116 Å². The molecule has 1 aliphatic carbocycles. The van der Waals surface area contributed by atoms with Crippen LogP contribution < -0.4 is 5.73 Å². The van der Waals surface area contributed by atoms with Crippen LogP contribution in [-0.2, 0) is 0 Å². The molecule has 0 aromatic heterocycles. The molecule has 1 amide bonds. The topological polar surface area (TPSA) is 46.3 Å². The van der Waals surface area contributed by atoms with Crippen molar-refractivity contribution in [2.45, 2.75) is 26.2 Å². The first kappa shape index (κ1) is 13.4. The molecule has 2 rings (SSSR count). The predicted octanol–water partition coefficient (Wildman–Crippen LogP) is 3.29. The summed E-state index contributed by atoms with van der Waals surface area (Å²) < 4.78 is 0.901. The Morgan fingerprint density at radius 1 is 1.50 bits per heavy atom. The zero-order valence-electron chi connectivity index (χ0n) is 10.7. The second-order valence-electron chi connectivity index (χ2n) is 4.87. The third-order valence-corrected chi connectivity index (χ3v) is 4.11. The highest BCUT2D eigenvalue weighted by molar-refractivity contribution is 9.10. The number of carbonyl (C=O) groups excluding carboxylic acids is 1. The molecule has 2 N–H and O–H groups in total. The van der Waals surface area contributed by atoms with Crippen molar-refractivity contribution in [2.24, 2.45) is 5.92 Å². The molecular weight excluding hydrogens is 292 g/mol.